The lowest BCUT2D eigenvalue weighted by atomic mass is 9.79. The fourth-order valence-electron chi connectivity index (χ4n) is 5.11. The Labute approximate surface area is 168 Å². The maximum Gasteiger partial charge on any atom is 0.353 e. The minimum absolute atomic E-state index is 0.0934. The topological polar surface area (TPSA) is 119 Å². The maximum atomic E-state index is 12.4. The lowest BCUT2D eigenvalue weighted by molar-refractivity contribution is -0.163. The Kier molecular flexibility index (Phi) is 5.18. The van der Waals surface area contributed by atoms with Crippen molar-refractivity contribution >= 4 is 29.5 Å². The van der Waals surface area contributed by atoms with E-state index in [1.165, 1.54) is 4.90 Å². The number of nitrogens with one attached hydrogen (secondary N) is 2. The summed E-state index contributed by atoms with van der Waals surface area (Å²) in [6, 6.07) is 0.259. The van der Waals surface area contributed by atoms with Gasteiger partial charge in [-0.05, 0) is 26.2 Å². The zero-order chi connectivity index (χ0) is 20.2. The quantitative estimate of drug-likeness (QED) is 0.465. The van der Waals surface area contributed by atoms with Crippen LogP contribution >= 0.6 is 11.8 Å². The van der Waals surface area contributed by atoms with Crippen LogP contribution in [0.3, 0.4) is 0 Å². The number of carbonyl (C=O) groups is 3. The molecule has 4 N–H and O–H groups in total. The van der Waals surface area contributed by atoms with Crippen LogP contribution in [0.5, 0.6) is 0 Å². The van der Waals surface area contributed by atoms with Crippen LogP contribution in [0.1, 0.15) is 39.5 Å². The highest BCUT2D eigenvalue weighted by molar-refractivity contribution is 8.03. The number of carboxylic acid groups (broad SMARTS) is 1. The molecule has 0 radical (unpaired) electrons. The average Bonchev–Trinajstić information content (AvgIpc) is 3.28. The second kappa shape index (κ2) is 7.35. The van der Waals surface area contributed by atoms with Crippen molar-refractivity contribution in [3.63, 3.8) is 0 Å². The lowest BCUT2D eigenvalue weighted by Gasteiger charge is -2.46. The summed E-state index contributed by atoms with van der Waals surface area (Å²) in [5, 5.41) is 26.4. The SMILES string of the molecule is C[C@@H](O)[C@H]1C(=O)N2C(C(=O)O)=C(S[C@@H]3CN[C@H](CC4CCC(=O)N4)C3)[C@H](C)[C@H]12. The average molecular weight is 410 g/mol. The standard InChI is InChI=1S/C19H27N3O5S/c1-8-15-14(9(2)23)18(25)22(15)16(19(26)27)17(8)28-12-6-11(20-7-12)5-10-3-4-13(24)21-10/h8-12,14-15,20,23H,3-7H2,1-2H3,(H,21,24)(H,26,27)/t8-,9-,10?,11-,12+,14-,15-/m1/s1. The van der Waals surface area contributed by atoms with Crippen LogP contribution in [0, 0.1) is 11.8 Å². The summed E-state index contributed by atoms with van der Waals surface area (Å²) in [6.07, 6.45) is 2.48. The molecule has 0 saturated carbocycles. The largest absolute Gasteiger partial charge is 0.477 e. The Morgan fingerprint density at radius 2 is 2.11 bits per heavy atom. The molecule has 9 heteroatoms. The van der Waals surface area contributed by atoms with Crippen LogP contribution in [0.25, 0.3) is 0 Å². The van der Waals surface area contributed by atoms with E-state index in [2.05, 4.69) is 10.6 Å². The molecular weight excluding hydrogens is 382 g/mol. The van der Waals surface area contributed by atoms with Crippen molar-refractivity contribution in [3.05, 3.63) is 10.6 Å². The molecule has 0 bridgehead atoms. The summed E-state index contributed by atoms with van der Waals surface area (Å²) in [4.78, 5) is 37.8. The molecule has 4 rings (SSSR count). The van der Waals surface area contributed by atoms with Gasteiger partial charge in [-0.1, -0.05) is 6.92 Å². The number of fused-ring (bicyclic) bond motifs is 1. The van der Waals surface area contributed by atoms with Gasteiger partial charge < -0.3 is 25.7 Å². The first-order chi connectivity index (χ1) is 13.3. The summed E-state index contributed by atoms with van der Waals surface area (Å²) >= 11 is 1.56. The molecule has 0 spiro atoms. The summed E-state index contributed by atoms with van der Waals surface area (Å²) < 4.78 is 0. The van der Waals surface area contributed by atoms with Crippen molar-refractivity contribution in [1.29, 1.82) is 0 Å². The lowest BCUT2D eigenvalue weighted by Crippen LogP contribution is -2.63. The van der Waals surface area contributed by atoms with E-state index in [9.17, 15) is 24.6 Å². The third-order valence-corrected chi connectivity index (χ3v) is 7.95. The zero-order valence-corrected chi connectivity index (χ0v) is 16.9. The number of aliphatic hydroxyl groups excluding tert-OH is 1. The molecule has 28 heavy (non-hydrogen) atoms. The van der Waals surface area contributed by atoms with Gasteiger partial charge in [-0.25, -0.2) is 4.79 Å². The van der Waals surface area contributed by atoms with Crippen LogP contribution in [-0.2, 0) is 14.4 Å². The van der Waals surface area contributed by atoms with Gasteiger partial charge in [-0.2, -0.15) is 0 Å². The minimum atomic E-state index is -1.08. The monoisotopic (exact) mass is 409 g/mol. The molecule has 4 heterocycles. The molecule has 7 atom stereocenters. The number of nitrogens with zero attached hydrogens (tertiary/aromatic N) is 1. The number of aliphatic hydroxyl groups is 1. The number of carboxylic acids is 1. The number of thioether (sulfide) groups is 1. The molecule has 4 aliphatic rings. The fraction of sp³-hybridized carbons (Fsp3) is 0.737. The molecule has 0 aromatic rings. The maximum absolute atomic E-state index is 12.4. The summed E-state index contributed by atoms with van der Waals surface area (Å²) in [5.41, 5.74) is 0.0934. The van der Waals surface area contributed by atoms with Gasteiger partial charge in [-0.3, -0.25) is 9.59 Å². The van der Waals surface area contributed by atoms with Crippen LogP contribution in [0.15, 0.2) is 10.6 Å². The van der Waals surface area contributed by atoms with Crippen molar-refractivity contribution < 1.29 is 24.6 Å². The van der Waals surface area contributed by atoms with Gasteiger partial charge in [-0.15, -0.1) is 11.8 Å². The van der Waals surface area contributed by atoms with Gasteiger partial charge in [0, 0.05) is 41.1 Å². The van der Waals surface area contributed by atoms with Crippen molar-refractivity contribution in [2.24, 2.45) is 11.8 Å². The zero-order valence-electron chi connectivity index (χ0n) is 16.1. The van der Waals surface area contributed by atoms with E-state index >= 15 is 0 Å². The van der Waals surface area contributed by atoms with E-state index < -0.39 is 18.0 Å². The highest BCUT2D eigenvalue weighted by atomic mass is 32.2. The van der Waals surface area contributed by atoms with Gasteiger partial charge in [0.25, 0.3) is 0 Å². The smallest absolute Gasteiger partial charge is 0.353 e. The first-order valence-electron chi connectivity index (χ1n) is 9.96. The molecule has 0 aromatic heterocycles. The van der Waals surface area contributed by atoms with Crippen LogP contribution in [-0.4, -0.2) is 68.9 Å². The van der Waals surface area contributed by atoms with E-state index in [4.69, 9.17) is 0 Å². The molecule has 0 aromatic carbocycles. The normalized spacial score (nSPS) is 38.5. The second-order valence-electron chi connectivity index (χ2n) is 8.39. The third kappa shape index (κ3) is 3.23. The van der Waals surface area contributed by atoms with Gasteiger partial charge >= 0.3 is 5.97 Å². The molecule has 154 valence electrons. The number of aliphatic carboxylic acids is 1. The molecular formula is C19H27N3O5S. The van der Waals surface area contributed by atoms with Crippen molar-refractivity contribution in [2.75, 3.05) is 6.54 Å². The second-order valence-corrected chi connectivity index (χ2v) is 9.73. The molecule has 3 saturated heterocycles. The molecule has 0 aliphatic carbocycles. The first kappa shape index (κ1) is 19.7. The number of rotatable bonds is 6. The van der Waals surface area contributed by atoms with E-state index in [1.54, 1.807) is 18.7 Å². The number of amides is 2. The number of carbonyl (C=O) groups excluding carboxylic acids is 2. The van der Waals surface area contributed by atoms with Gasteiger partial charge in [0.15, 0.2) is 0 Å². The predicted octanol–water partition coefficient (Wildman–Crippen LogP) is 0.273. The number of hydrogen-bond donors (Lipinski definition) is 4. The summed E-state index contributed by atoms with van der Waals surface area (Å²) in [6.45, 7) is 4.31. The van der Waals surface area contributed by atoms with Gasteiger partial charge in [0.1, 0.15) is 5.70 Å². The summed E-state index contributed by atoms with van der Waals surface area (Å²) in [5.74, 6) is -1.87. The number of β-lactam (4-membered cyclic amide) rings is 1. The van der Waals surface area contributed by atoms with Crippen molar-refractivity contribution in [3.8, 4) is 0 Å². The molecule has 1 unspecified atom stereocenters. The Morgan fingerprint density at radius 1 is 1.36 bits per heavy atom. The van der Waals surface area contributed by atoms with E-state index in [0.29, 0.717) is 12.5 Å². The fourth-order valence-corrected chi connectivity index (χ4v) is 6.63. The molecule has 3 fully saturated rings. The van der Waals surface area contributed by atoms with Crippen molar-refractivity contribution in [2.45, 2.75) is 69.0 Å². The number of hydrogen-bond acceptors (Lipinski definition) is 6. The predicted molar refractivity (Wildman–Crippen MR) is 103 cm³/mol. The molecule has 4 aliphatic heterocycles. The molecule has 8 nitrogen and oxygen atoms in total. The highest BCUT2D eigenvalue weighted by Gasteiger charge is 2.60. The van der Waals surface area contributed by atoms with E-state index in [0.717, 1.165) is 30.7 Å². The Hall–Kier alpha value is -1.58. The van der Waals surface area contributed by atoms with Gasteiger partial charge in [0.05, 0.1) is 18.1 Å². The third-order valence-electron chi connectivity index (χ3n) is 6.44. The summed E-state index contributed by atoms with van der Waals surface area (Å²) in [7, 11) is 0. The highest BCUT2D eigenvalue weighted by Crippen LogP contribution is 2.51. The molecule has 2 amide bonds. The minimum Gasteiger partial charge on any atom is -0.477 e. The van der Waals surface area contributed by atoms with Gasteiger partial charge in [0.2, 0.25) is 11.8 Å². The van der Waals surface area contributed by atoms with Crippen molar-refractivity contribution in [1.82, 2.24) is 15.5 Å². The van der Waals surface area contributed by atoms with Crippen LogP contribution in [0.4, 0.5) is 0 Å². The van der Waals surface area contributed by atoms with Crippen LogP contribution < -0.4 is 10.6 Å². The Bertz CT molecular complexity index is 739. The van der Waals surface area contributed by atoms with E-state index in [1.807, 2.05) is 6.92 Å². The van der Waals surface area contributed by atoms with Crippen LogP contribution in [0.2, 0.25) is 0 Å². The first-order valence-corrected chi connectivity index (χ1v) is 10.8. The Balaban J connectivity index is 1.43. The Morgan fingerprint density at radius 3 is 2.71 bits per heavy atom. The van der Waals surface area contributed by atoms with E-state index in [-0.39, 0.29) is 40.8 Å².